The van der Waals surface area contributed by atoms with Crippen LogP contribution in [0.1, 0.15) is 38.5 Å². The maximum Gasteiger partial charge on any atom is 0.0100 e. The van der Waals surface area contributed by atoms with Crippen LogP contribution < -0.4 is 0 Å². The molecule has 0 bridgehead atoms. The van der Waals surface area contributed by atoms with Crippen LogP contribution in [0.3, 0.4) is 0 Å². The molecule has 1 saturated carbocycles. The molecule has 2 rings (SSSR count). The summed E-state index contributed by atoms with van der Waals surface area (Å²) in [6.07, 6.45) is 8.65. The number of hydrogen-bond acceptors (Lipinski definition) is 2. The summed E-state index contributed by atoms with van der Waals surface area (Å²) in [4.78, 5) is 2.73. The highest BCUT2D eigenvalue weighted by Gasteiger charge is 2.32. The quantitative estimate of drug-likeness (QED) is 0.730. The van der Waals surface area contributed by atoms with E-state index in [4.69, 9.17) is 0 Å². The third-order valence-corrected chi connectivity index (χ3v) is 6.31. The van der Waals surface area contributed by atoms with Crippen molar-refractivity contribution in [2.24, 2.45) is 5.41 Å². The van der Waals surface area contributed by atoms with Crippen molar-refractivity contribution >= 4 is 27.7 Å². The molecule has 16 heavy (non-hydrogen) atoms. The number of hydrogen-bond donors (Lipinski definition) is 0. The number of nitrogens with zero attached hydrogens (tertiary/aromatic N) is 1. The highest BCUT2D eigenvalue weighted by atomic mass is 79.9. The second-order valence-electron chi connectivity index (χ2n) is 5.44. The number of halogens is 1. The molecule has 1 heterocycles. The Morgan fingerprint density at radius 3 is 2.56 bits per heavy atom. The van der Waals surface area contributed by atoms with Crippen molar-refractivity contribution in [3.63, 3.8) is 0 Å². The van der Waals surface area contributed by atoms with Gasteiger partial charge in [-0.15, -0.1) is 0 Å². The summed E-state index contributed by atoms with van der Waals surface area (Å²) in [5, 5.41) is 1.21. The van der Waals surface area contributed by atoms with Gasteiger partial charge in [0.2, 0.25) is 0 Å². The summed E-state index contributed by atoms with van der Waals surface area (Å²) < 4.78 is 0. The summed E-state index contributed by atoms with van der Waals surface area (Å²) in [5.41, 5.74) is 0.604. The first kappa shape index (κ1) is 13.2. The highest BCUT2D eigenvalue weighted by Crippen LogP contribution is 2.38. The third kappa shape index (κ3) is 3.64. The van der Waals surface area contributed by atoms with Crippen molar-refractivity contribution in [1.82, 2.24) is 4.90 Å². The smallest absolute Gasteiger partial charge is 0.0100 e. The topological polar surface area (TPSA) is 3.24 Å². The molecule has 3 heteroatoms. The molecule has 0 atom stereocenters. The molecule has 0 radical (unpaired) electrons. The van der Waals surface area contributed by atoms with Gasteiger partial charge in [-0.25, -0.2) is 0 Å². The van der Waals surface area contributed by atoms with Crippen LogP contribution in [0.4, 0.5) is 0 Å². The van der Waals surface area contributed by atoms with Crippen LogP contribution in [-0.4, -0.2) is 41.4 Å². The van der Waals surface area contributed by atoms with Crippen LogP contribution in [0.2, 0.25) is 0 Å². The fraction of sp³-hybridized carbons (Fsp3) is 1.00. The van der Waals surface area contributed by atoms with E-state index in [0.717, 1.165) is 0 Å². The summed E-state index contributed by atoms with van der Waals surface area (Å²) in [6.45, 7) is 4.00. The van der Waals surface area contributed by atoms with Crippen LogP contribution in [-0.2, 0) is 0 Å². The molecule has 1 aliphatic heterocycles. The first-order chi connectivity index (χ1) is 7.85. The molecular weight excluding hydrogens is 282 g/mol. The molecule has 94 valence electrons. The van der Waals surface area contributed by atoms with Crippen LogP contribution >= 0.6 is 27.7 Å². The van der Waals surface area contributed by atoms with Crippen LogP contribution in [0.5, 0.6) is 0 Å². The van der Waals surface area contributed by atoms with Gasteiger partial charge in [-0.1, -0.05) is 35.2 Å². The average Bonchev–Trinajstić information content (AvgIpc) is 2.59. The predicted octanol–water partition coefficient (Wildman–Crippen LogP) is 3.77. The van der Waals surface area contributed by atoms with Gasteiger partial charge in [0.05, 0.1) is 0 Å². The molecule has 0 unspecified atom stereocenters. The Morgan fingerprint density at radius 1 is 1.00 bits per heavy atom. The number of thioether (sulfide) groups is 1. The molecule has 0 aromatic rings. The normalized spacial score (nSPS) is 27.6. The zero-order chi connectivity index (χ0) is 11.3. The van der Waals surface area contributed by atoms with Crippen molar-refractivity contribution < 1.29 is 0 Å². The molecule has 1 aliphatic carbocycles. The largest absolute Gasteiger partial charge is 0.302 e. The summed E-state index contributed by atoms with van der Waals surface area (Å²) in [7, 11) is 0. The van der Waals surface area contributed by atoms with E-state index in [2.05, 4.69) is 32.6 Å². The lowest BCUT2D eigenvalue weighted by molar-refractivity contribution is 0.133. The average molecular weight is 306 g/mol. The lowest BCUT2D eigenvalue weighted by Crippen LogP contribution is -2.41. The standard InChI is InChI=1S/C13H24BrNS/c14-11-13(5-2-1-3-6-13)12-15-7-4-9-16-10-8-15/h1-12H2. The van der Waals surface area contributed by atoms with Gasteiger partial charge >= 0.3 is 0 Å². The van der Waals surface area contributed by atoms with Gasteiger partial charge in [0, 0.05) is 24.2 Å². The Hall–Kier alpha value is 0.790. The Bertz CT molecular complexity index is 196. The molecule has 2 fully saturated rings. The molecule has 0 aromatic carbocycles. The van der Waals surface area contributed by atoms with Gasteiger partial charge in [0.25, 0.3) is 0 Å². The van der Waals surface area contributed by atoms with E-state index in [1.807, 2.05) is 0 Å². The zero-order valence-corrected chi connectivity index (χ0v) is 12.6. The Morgan fingerprint density at radius 2 is 1.81 bits per heavy atom. The monoisotopic (exact) mass is 305 g/mol. The predicted molar refractivity (Wildman–Crippen MR) is 77.7 cm³/mol. The minimum Gasteiger partial charge on any atom is -0.302 e. The summed E-state index contributed by atoms with van der Waals surface area (Å²) in [6, 6.07) is 0. The SMILES string of the molecule is BrCC1(CN2CCCSCC2)CCCCC1. The van der Waals surface area contributed by atoms with Gasteiger partial charge < -0.3 is 4.90 Å². The van der Waals surface area contributed by atoms with Crippen LogP contribution in [0.25, 0.3) is 0 Å². The minimum atomic E-state index is 0.604. The number of alkyl halides is 1. The van der Waals surface area contributed by atoms with Gasteiger partial charge in [0.1, 0.15) is 0 Å². The molecule has 1 saturated heterocycles. The van der Waals surface area contributed by atoms with Crippen LogP contribution in [0, 0.1) is 5.41 Å². The van der Waals surface area contributed by atoms with E-state index < -0.39 is 0 Å². The highest BCUT2D eigenvalue weighted by molar-refractivity contribution is 9.09. The molecule has 0 amide bonds. The molecule has 0 spiro atoms. The van der Waals surface area contributed by atoms with E-state index in [1.54, 1.807) is 0 Å². The maximum atomic E-state index is 3.78. The van der Waals surface area contributed by atoms with E-state index in [9.17, 15) is 0 Å². The molecule has 2 aliphatic rings. The maximum absolute atomic E-state index is 3.78. The second kappa shape index (κ2) is 6.65. The van der Waals surface area contributed by atoms with Crippen LogP contribution in [0.15, 0.2) is 0 Å². The van der Waals surface area contributed by atoms with Gasteiger partial charge in [-0.3, -0.25) is 0 Å². The van der Waals surface area contributed by atoms with E-state index in [0.29, 0.717) is 5.41 Å². The molecule has 1 nitrogen and oxygen atoms in total. The first-order valence-corrected chi connectivity index (χ1v) is 8.98. The van der Waals surface area contributed by atoms with Crippen molar-refractivity contribution in [1.29, 1.82) is 0 Å². The Kier molecular flexibility index (Phi) is 5.50. The lowest BCUT2D eigenvalue weighted by Gasteiger charge is -2.39. The van der Waals surface area contributed by atoms with Gasteiger partial charge in [-0.2, -0.15) is 11.8 Å². The van der Waals surface area contributed by atoms with Gasteiger partial charge in [0.15, 0.2) is 0 Å². The molecule has 0 aromatic heterocycles. The molecular formula is C13H24BrNS. The fourth-order valence-electron chi connectivity index (χ4n) is 3.07. The van der Waals surface area contributed by atoms with E-state index in [1.165, 1.54) is 75.0 Å². The van der Waals surface area contributed by atoms with E-state index >= 15 is 0 Å². The third-order valence-electron chi connectivity index (χ3n) is 4.07. The Labute approximate surface area is 113 Å². The summed E-state index contributed by atoms with van der Waals surface area (Å²) in [5.74, 6) is 2.72. The summed E-state index contributed by atoms with van der Waals surface area (Å²) >= 11 is 5.92. The Balaban J connectivity index is 1.88. The van der Waals surface area contributed by atoms with E-state index in [-0.39, 0.29) is 0 Å². The van der Waals surface area contributed by atoms with Gasteiger partial charge in [-0.05, 0) is 37.0 Å². The fourth-order valence-corrected chi connectivity index (χ4v) is 4.73. The van der Waals surface area contributed by atoms with Crippen molar-refractivity contribution in [3.8, 4) is 0 Å². The number of rotatable bonds is 3. The first-order valence-electron chi connectivity index (χ1n) is 6.71. The lowest BCUT2D eigenvalue weighted by atomic mass is 9.75. The van der Waals surface area contributed by atoms with Crippen molar-refractivity contribution in [3.05, 3.63) is 0 Å². The zero-order valence-electron chi connectivity index (χ0n) is 10.2. The molecule has 0 N–H and O–H groups in total. The van der Waals surface area contributed by atoms with Crippen molar-refractivity contribution in [2.45, 2.75) is 38.5 Å². The second-order valence-corrected chi connectivity index (χ2v) is 7.22. The van der Waals surface area contributed by atoms with Crippen molar-refractivity contribution in [2.75, 3.05) is 36.5 Å². The minimum absolute atomic E-state index is 0.604.